The number of ketones is 1. The van der Waals surface area contributed by atoms with Crippen molar-refractivity contribution in [2.75, 3.05) is 0 Å². The van der Waals surface area contributed by atoms with Gasteiger partial charge >= 0.3 is 0 Å². The number of rotatable bonds is 0. The molecule has 116 valence electrons. The van der Waals surface area contributed by atoms with Gasteiger partial charge in [-0.1, -0.05) is 13.8 Å². The van der Waals surface area contributed by atoms with Gasteiger partial charge in [0.1, 0.15) is 5.78 Å². The number of fused-ring (bicyclic) bond motifs is 4. The molecule has 0 amide bonds. The predicted octanol–water partition coefficient (Wildman–Crippen LogP) is 3.57. The van der Waals surface area contributed by atoms with Crippen LogP contribution >= 0.6 is 0 Å². The monoisotopic (exact) mass is 288 g/mol. The summed E-state index contributed by atoms with van der Waals surface area (Å²) in [5.41, 5.74) is 0.598. The van der Waals surface area contributed by atoms with E-state index in [1.54, 1.807) is 0 Å². The van der Waals surface area contributed by atoms with Gasteiger partial charge in [0.15, 0.2) is 0 Å². The zero-order chi connectivity index (χ0) is 14.6. The van der Waals surface area contributed by atoms with Crippen molar-refractivity contribution in [1.29, 1.82) is 0 Å². The lowest BCUT2D eigenvalue weighted by Crippen LogP contribution is -2.56. The van der Waals surface area contributed by atoms with Gasteiger partial charge in [-0.2, -0.15) is 0 Å². The Morgan fingerprint density at radius 2 is 1.90 bits per heavy atom. The summed E-state index contributed by atoms with van der Waals surface area (Å²) in [4.78, 5) is 12.4. The fraction of sp³-hybridized carbons (Fsp3) is 0.947. The first-order valence-corrected chi connectivity index (χ1v) is 9.15. The van der Waals surface area contributed by atoms with Crippen LogP contribution in [-0.4, -0.2) is 17.0 Å². The van der Waals surface area contributed by atoms with E-state index in [0.717, 1.165) is 37.5 Å². The maximum atomic E-state index is 12.4. The van der Waals surface area contributed by atoms with Crippen LogP contribution in [0, 0.1) is 39.9 Å². The third-order valence-electron chi connectivity index (χ3n) is 9.28. The first-order valence-electron chi connectivity index (χ1n) is 9.15. The molecule has 0 heterocycles. The van der Waals surface area contributed by atoms with Gasteiger partial charge in [0, 0.05) is 17.3 Å². The number of hydrogen-bond donors (Lipinski definition) is 1. The average molecular weight is 288 g/mol. The lowest BCUT2D eigenvalue weighted by atomic mass is 9.46. The third-order valence-corrected chi connectivity index (χ3v) is 9.28. The van der Waals surface area contributed by atoms with Crippen LogP contribution in [0.15, 0.2) is 0 Å². The second-order valence-electron chi connectivity index (χ2n) is 9.44. The first kappa shape index (κ1) is 13.1. The van der Waals surface area contributed by atoms with E-state index in [-0.39, 0.29) is 16.9 Å². The van der Waals surface area contributed by atoms with Crippen molar-refractivity contribution < 1.29 is 9.90 Å². The molecule has 5 fully saturated rings. The minimum atomic E-state index is -0.0886. The zero-order valence-corrected chi connectivity index (χ0v) is 13.4. The molecule has 2 nitrogen and oxygen atoms in total. The van der Waals surface area contributed by atoms with Crippen molar-refractivity contribution in [3.05, 3.63) is 0 Å². The number of carbonyl (C=O) groups is 1. The van der Waals surface area contributed by atoms with E-state index in [1.807, 2.05) is 0 Å². The molecule has 5 aliphatic rings. The van der Waals surface area contributed by atoms with Crippen LogP contribution in [0.2, 0.25) is 0 Å². The quantitative estimate of drug-likeness (QED) is 0.740. The van der Waals surface area contributed by atoms with Crippen LogP contribution in [0.3, 0.4) is 0 Å². The lowest BCUT2D eigenvalue weighted by molar-refractivity contribution is -0.154. The molecule has 0 unspecified atom stereocenters. The van der Waals surface area contributed by atoms with Crippen LogP contribution in [0.4, 0.5) is 0 Å². The molecule has 0 aliphatic heterocycles. The molecule has 0 aromatic carbocycles. The molecule has 0 aromatic rings. The van der Waals surface area contributed by atoms with Crippen molar-refractivity contribution in [2.24, 2.45) is 39.9 Å². The summed E-state index contributed by atoms with van der Waals surface area (Å²) < 4.78 is 0. The Hall–Kier alpha value is -0.370. The smallest absolute Gasteiger partial charge is 0.139 e. The standard InChI is InChI=1S/C19H28O2/c1-17-7-6-14-12(13(17)3-4-15(17)20)9-16(21)19-10-11(19)5-8-18(14,19)2/h11-14,16,21H,3-10H2,1-2H3/t11-,12-,13-,14-,16-,17-,18+,19-/m0/s1. The van der Waals surface area contributed by atoms with Gasteiger partial charge in [0.25, 0.3) is 0 Å². The molecule has 1 N–H and O–H groups in total. The van der Waals surface area contributed by atoms with E-state index in [9.17, 15) is 9.90 Å². The molecule has 0 saturated heterocycles. The molecular weight excluding hydrogens is 260 g/mol. The van der Waals surface area contributed by atoms with E-state index < -0.39 is 0 Å². The van der Waals surface area contributed by atoms with Crippen LogP contribution in [0.5, 0.6) is 0 Å². The van der Waals surface area contributed by atoms with Gasteiger partial charge in [0.2, 0.25) is 0 Å². The van der Waals surface area contributed by atoms with Crippen molar-refractivity contribution in [2.45, 2.75) is 71.3 Å². The molecule has 0 aromatic heterocycles. The Labute approximate surface area is 127 Å². The van der Waals surface area contributed by atoms with Crippen LogP contribution < -0.4 is 0 Å². The third kappa shape index (κ3) is 1.22. The predicted molar refractivity (Wildman–Crippen MR) is 80.6 cm³/mol. The Morgan fingerprint density at radius 1 is 1.10 bits per heavy atom. The summed E-state index contributed by atoms with van der Waals surface area (Å²) in [6.07, 6.45) is 9.10. The van der Waals surface area contributed by atoms with E-state index in [1.165, 1.54) is 25.7 Å². The van der Waals surface area contributed by atoms with Gasteiger partial charge in [0.05, 0.1) is 6.10 Å². The second-order valence-corrected chi connectivity index (χ2v) is 9.44. The minimum absolute atomic E-state index is 0.0523. The Bertz CT molecular complexity index is 528. The van der Waals surface area contributed by atoms with Crippen LogP contribution in [-0.2, 0) is 4.79 Å². The fourth-order valence-electron chi connectivity index (χ4n) is 8.08. The Balaban J connectivity index is 1.57. The molecule has 21 heavy (non-hydrogen) atoms. The van der Waals surface area contributed by atoms with Gasteiger partial charge < -0.3 is 5.11 Å². The highest BCUT2D eigenvalue weighted by Crippen LogP contribution is 2.81. The highest BCUT2D eigenvalue weighted by atomic mass is 16.3. The summed E-state index contributed by atoms with van der Waals surface area (Å²) in [7, 11) is 0. The number of Topliss-reactive ketones (excluding diaryl/α,β-unsaturated/α-hetero) is 1. The summed E-state index contributed by atoms with van der Waals surface area (Å²) in [6.45, 7) is 4.73. The van der Waals surface area contributed by atoms with Gasteiger partial charge in [-0.3, -0.25) is 4.79 Å². The maximum Gasteiger partial charge on any atom is 0.139 e. The SMILES string of the molecule is C[C@]12CC[C@H]3[C@@H](C[C@H](O)[C@]45C[C@@H]4CC[C@]35C)[C@@H]1CCC2=O. The summed E-state index contributed by atoms with van der Waals surface area (Å²) in [6, 6.07) is 0. The van der Waals surface area contributed by atoms with Crippen molar-refractivity contribution in [3.63, 3.8) is 0 Å². The summed E-state index contributed by atoms with van der Waals surface area (Å²) in [5, 5.41) is 11.0. The largest absolute Gasteiger partial charge is 0.393 e. The van der Waals surface area contributed by atoms with Gasteiger partial charge in [-0.25, -0.2) is 0 Å². The van der Waals surface area contributed by atoms with E-state index >= 15 is 0 Å². The van der Waals surface area contributed by atoms with E-state index in [0.29, 0.717) is 23.0 Å². The molecular formula is C19H28O2. The number of carbonyl (C=O) groups excluding carboxylic acids is 1. The Kier molecular flexibility index (Phi) is 2.23. The zero-order valence-electron chi connectivity index (χ0n) is 13.4. The fourth-order valence-corrected chi connectivity index (χ4v) is 8.08. The number of hydrogen-bond acceptors (Lipinski definition) is 2. The van der Waals surface area contributed by atoms with Gasteiger partial charge in [-0.05, 0) is 74.0 Å². The van der Waals surface area contributed by atoms with Crippen molar-refractivity contribution in [1.82, 2.24) is 0 Å². The molecule has 5 saturated carbocycles. The molecule has 1 spiro atoms. The van der Waals surface area contributed by atoms with Crippen molar-refractivity contribution >= 4 is 5.78 Å². The van der Waals surface area contributed by atoms with Crippen LogP contribution in [0.1, 0.15) is 65.2 Å². The normalized spacial score (nSPS) is 64.5. The lowest BCUT2D eigenvalue weighted by Gasteiger charge is -2.59. The first-order chi connectivity index (χ1) is 9.93. The topological polar surface area (TPSA) is 37.3 Å². The van der Waals surface area contributed by atoms with E-state index in [2.05, 4.69) is 13.8 Å². The highest BCUT2D eigenvalue weighted by molar-refractivity contribution is 5.87. The summed E-state index contributed by atoms with van der Waals surface area (Å²) in [5.74, 6) is 3.28. The molecule has 5 aliphatic carbocycles. The maximum absolute atomic E-state index is 12.4. The van der Waals surface area contributed by atoms with E-state index in [4.69, 9.17) is 0 Å². The summed E-state index contributed by atoms with van der Waals surface area (Å²) >= 11 is 0. The second kappa shape index (κ2) is 3.58. The minimum Gasteiger partial charge on any atom is -0.393 e. The van der Waals surface area contributed by atoms with Crippen molar-refractivity contribution in [3.8, 4) is 0 Å². The van der Waals surface area contributed by atoms with Crippen LogP contribution in [0.25, 0.3) is 0 Å². The molecule has 5 rings (SSSR count). The molecule has 8 atom stereocenters. The highest BCUT2D eigenvalue weighted by Gasteiger charge is 2.77. The molecule has 0 bridgehead atoms. The van der Waals surface area contributed by atoms with Gasteiger partial charge in [-0.15, -0.1) is 0 Å². The Morgan fingerprint density at radius 3 is 2.67 bits per heavy atom. The number of aliphatic hydroxyl groups is 1. The number of aliphatic hydroxyl groups excluding tert-OH is 1. The molecule has 2 heteroatoms. The average Bonchev–Trinajstić information content (AvgIpc) is 3.01. The molecule has 0 radical (unpaired) electrons.